The zero-order valence-corrected chi connectivity index (χ0v) is 16.1. The average molecular weight is 399 g/mol. The summed E-state index contributed by atoms with van der Waals surface area (Å²) >= 11 is 0. The van der Waals surface area contributed by atoms with Gasteiger partial charge in [-0.2, -0.15) is 0 Å². The molecule has 0 unspecified atom stereocenters. The molecule has 2 N–H and O–H groups in total. The number of ether oxygens (including phenoxy) is 1. The summed E-state index contributed by atoms with van der Waals surface area (Å²) in [5.74, 6) is -0.116. The highest BCUT2D eigenvalue weighted by atomic mass is 16.5. The van der Waals surface area contributed by atoms with Crippen molar-refractivity contribution in [3.05, 3.63) is 42.1 Å². The van der Waals surface area contributed by atoms with Gasteiger partial charge in [-0.1, -0.05) is 35.5 Å². The minimum Gasteiger partial charge on any atom is -0.391 e. The number of carbonyl (C=O) groups excluding carboxylic acids is 2. The monoisotopic (exact) mass is 399 g/mol. The molecule has 0 radical (unpaired) electrons. The number of aliphatic hydroxyl groups is 1. The van der Waals surface area contributed by atoms with Gasteiger partial charge < -0.3 is 24.6 Å². The van der Waals surface area contributed by atoms with Gasteiger partial charge in [-0.15, -0.1) is 0 Å². The van der Waals surface area contributed by atoms with Crippen LogP contribution in [0.25, 0.3) is 11.3 Å². The lowest BCUT2D eigenvalue weighted by molar-refractivity contribution is -0.141. The first-order valence-corrected chi connectivity index (χ1v) is 9.99. The molecule has 1 aliphatic carbocycles. The molecule has 2 fully saturated rings. The molecule has 1 aromatic heterocycles. The number of nitrogens with zero attached hydrogens (tertiary/aromatic N) is 2. The molecule has 3 atom stereocenters. The van der Waals surface area contributed by atoms with E-state index < -0.39 is 12.1 Å². The topological polar surface area (TPSA) is 105 Å². The highest BCUT2D eigenvalue weighted by Gasteiger charge is 2.36. The van der Waals surface area contributed by atoms with Crippen LogP contribution in [0.15, 0.2) is 41.1 Å². The van der Waals surface area contributed by atoms with E-state index in [0.29, 0.717) is 56.9 Å². The summed E-state index contributed by atoms with van der Waals surface area (Å²) < 4.78 is 10.6. The second kappa shape index (κ2) is 8.75. The maximum Gasteiger partial charge on any atom is 0.257 e. The van der Waals surface area contributed by atoms with E-state index in [0.717, 1.165) is 5.56 Å². The first-order valence-electron chi connectivity index (χ1n) is 9.99. The van der Waals surface area contributed by atoms with E-state index in [4.69, 9.17) is 9.26 Å². The van der Waals surface area contributed by atoms with E-state index >= 15 is 0 Å². The van der Waals surface area contributed by atoms with Gasteiger partial charge in [0.1, 0.15) is 5.56 Å². The predicted molar refractivity (Wildman–Crippen MR) is 104 cm³/mol. The Labute approximate surface area is 168 Å². The van der Waals surface area contributed by atoms with Gasteiger partial charge in [-0.05, 0) is 19.3 Å². The van der Waals surface area contributed by atoms with Crippen molar-refractivity contribution in [3.63, 3.8) is 0 Å². The number of hydrogen-bond acceptors (Lipinski definition) is 6. The number of benzene rings is 1. The molecule has 0 spiro atoms. The summed E-state index contributed by atoms with van der Waals surface area (Å²) in [5, 5.41) is 17.1. The van der Waals surface area contributed by atoms with Crippen LogP contribution in [0.3, 0.4) is 0 Å². The maximum absolute atomic E-state index is 12.9. The molecule has 2 aromatic rings. The number of aliphatic hydroxyl groups excluding tert-OH is 1. The summed E-state index contributed by atoms with van der Waals surface area (Å²) in [7, 11) is 0. The molecular weight excluding hydrogens is 374 g/mol. The van der Waals surface area contributed by atoms with Gasteiger partial charge in [0.15, 0.2) is 5.76 Å². The molecule has 29 heavy (non-hydrogen) atoms. The molecule has 1 aliphatic heterocycles. The fourth-order valence-corrected chi connectivity index (χ4v) is 4.02. The predicted octanol–water partition coefficient (Wildman–Crippen LogP) is 1.46. The summed E-state index contributed by atoms with van der Waals surface area (Å²) in [6.45, 7) is 2.29. The molecule has 1 saturated carbocycles. The Balaban J connectivity index is 1.44. The van der Waals surface area contributed by atoms with Gasteiger partial charge >= 0.3 is 0 Å². The number of carbonyl (C=O) groups is 2. The van der Waals surface area contributed by atoms with Gasteiger partial charge in [0.25, 0.3) is 5.91 Å². The van der Waals surface area contributed by atoms with E-state index in [1.165, 1.54) is 6.20 Å². The second-order valence-corrected chi connectivity index (χ2v) is 7.53. The molecule has 4 rings (SSSR count). The summed E-state index contributed by atoms with van der Waals surface area (Å²) in [4.78, 5) is 27.5. The Morgan fingerprint density at radius 2 is 1.90 bits per heavy atom. The summed E-state index contributed by atoms with van der Waals surface area (Å²) in [5.41, 5.74) is 1.06. The first-order chi connectivity index (χ1) is 14.1. The zero-order chi connectivity index (χ0) is 20.2. The second-order valence-electron chi connectivity index (χ2n) is 7.53. The van der Waals surface area contributed by atoms with Crippen molar-refractivity contribution in [3.8, 4) is 11.3 Å². The third-order valence-corrected chi connectivity index (χ3v) is 5.65. The molecule has 2 heterocycles. The van der Waals surface area contributed by atoms with Crippen LogP contribution < -0.4 is 5.32 Å². The molecule has 8 nitrogen and oxygen atoms in total. The Hall–Kier alpha value is -2.71. The lowest BCUT2D eigenvalue weighted by atomic mass is 9.82. The Morgan fingerprint density at radius 3 is 2.66 bits per heavy atom. The van der Waals surface area contributed by atoms with Crippen LogP contribution in [-0.2, 0) is 9.53 Å². The molecule has 2 aliphatic rings. The quantitative estimate of drug-likeness (QED) is 0.807. The molecule has 154 valence electrons. The third-order valence-electron chi connectivity index (χ3n) is 5.65. The van der Waals surface area contributed by atoms with Gasteiger partial charge in [0.2, 0.25) is 5.91 Å². The van der Waals surface area contributed by atoms with Crippen molar-refractivity contribution in [1.82, 2.24) is 15.4 Å². The van der Waals surface area contributed by atoms with Crippen molar-refractivity contribution in [2.24, 2.45) is 5.92 Å². The van der Waals surface area contributed by atoms with Crippen LogP contribution in [0.1, 0.15) is 29.6 Å². The van der Waals surface area contributed by atoms with Crippen molar-refractivity contribution >= 4 is 11.8 Å². The third kappa shape index (κ3) is 4.33. The van der Waals surface area contributed by atoms with E-state index in [9.17, 15) is 14.7 Å². The smallest absolute Gasteiger partial charge is 0.257 e. The maximum atomic E-state index is 12.9. The van der Waals surface area contributed by atoms with Crippen LogP contribution in [0.4, 0.5) is 0 Å². The van der Waals surface area contributed by atoms with Gasteiger partial charge in [-0.25, -0.2) is 0 Å². The number of morpholine rings is 1. The van der Waals surface area contributed by atoms with Gasteiger partial charge in [-0.3, -0.25) is 9.59 Å². The standard InChI is InChI=1S/C21H25N3O5/c25-18-7-6-15(21(27)24-8-10-28-11-9-24)12-17(18)23-20(26)16-13-22-29-19(16)14-4-2-1-3-5-14/h1-5,13,15,17-18,25H,6-12H2,(H,23,26)/t15-,17+,18+/m0/s1. The number of hydrogen-bond donors (Lipinski definition) is 2. The summed E-state index contributed by atoms with van der Waals surface area (Å²) in [6.07, 6.45) is 2.19. The lowest BCUT2D eigenvalue weighted by Crippen LogP contribution is -2.51. The van der Waals surface area contributed by atoms with Gasteiger partial charge in [0.05, 0.1) is 31.6 Å². The molecule has 0 bridgehead atoms. The number of aromatic nitrogens is 1. The van der Waals surface area contributed by atoms with Crippen LogP contribution >= 0.6 is 0 Å². The Bertz CT molecular complexity index is 847. The Morgan fingerprint density at radius 1 is 1.14 bits per heavy atom. The number of nitrogens with one attached hydrogen (secondary N) is 1. The van der Waals surface area contributed by atoms with Crippen molar-refractivity contribution < 1.29 is 24.0 Å². The van der Waals surface area contributed by atoms with E-state index in [2.05, 4.69) is 10.5 Å². The van der Waals surface area contributed by atoms with Crippen LogP contribution in [0.5, 0.6) is 0 Å². The average Bonchev–Trinajstić information content (AvgIpc) is 3.26. The molecule has 1 aromatic carbocycles. The van der Waals surface area contributed by atoms with Crippen molar-refractivity contribution in [2.75, 3.05) is 26.3 Å². The summed E-state index contributed by atoms with van der Waals surface area (Å²) in [6, 6.07) is 8.76. The molecule has 2 amide bonds. The SMILES string of the molecule is O=C(N[C@@H]1C[C@@H](C(=O)N2CCOCC2)CC[C@H]1O)c1cnoc1-c1ccccc1. The highest BCUT2D eigenvalue weighted by Crippen LogP contribution is 2.28. The number of amides is 2. The normalized spacial score (nSPS) is 24.9. The van der Waals surface area contributed by atoms with Crippen molar-refractivity contribution in [1.29, 1.82) is 0 Å². The number of rotatable bonds is 4. The van der Waals surface area contributed by atoms with Crippen LogP contribution in [0.2, 0.25) is 0 Å². The van der Waals surface area contributed by atoms with Crippen LogP contribution in [0, 0.1) is 5.92 Å². The zero-order valence-electron chi connectivity index (χ0n) is 16.1. The van der Waals surface area contributed by atoms with Crippen molar-refractivity contribution in [2.45, 2.75) is 31.4 Å². The Kier molecular flexibility index (Phi) is 5.92. The minimum absolute atomic E-state index is 0.0781. The molecule has 8 heteroatoms. The highest BCUT2D eigenvalue weighted by molar-refractivity contribution is 5.99. The van der Waals surface area contributed by atoms with E-state index in [1.54, 1.807) is 0 Å². The van der Waals surface area contributed by atoms with E-state index in [1.807, 2.05) is 35.2 Å². The largest absolute Gasteiger partial charge is 0.391 e. The first kappa shape index (κ1) is 19.6. The molecule has 1 saturated heterocycles. The molecular formula is C21H25N3O5. The fraction of sp³-hybridized carbons (Fsp3) is 0.476. The lowest BCUT2D eigenvalue weighted by Gasteiger charge is -2.36. The minimum atomic E-state index is -0.687. The van der Waals surface area contributed by atoms with E-state index in [-0.39, 0.29) is 17.7 Å². The fourth-order valence-electron chi connectivity index (χ4n) is 4.02. The van der Waals surface area contributed by atoms with Crippen LogP contribution in [-0.4, -0.2) is 65.4 Å². The van der Waals surface area contributed by atoms with Gasteiger partial charge in [0, 0.05) is 24.6 Å².